The lowest BCUT2D eigenvalue weighted by molar-refractivity contribution is -0.132. The van der Waals surface area contributed by atoms with Crippen LogP contribution >= 0.6 is 15.9 Å². The molecule has 0 N–H and O–H groups in total. The first-order chi connectivity index (χ1) is 7.27. The Balaban J connectivity index is 1.86. The monoisotopic (exact) mass is 272 g/mol. The van der Waals surface area contributed by atoms with Crippen molar-refractivity contribution < 1.29 is 4.79 Å². The Morgan fingerprint density at radius 2 is 2.40 bits per heavy atom. The number of rotatable bonds is 3. The quantitative estimate of drug-likeness (QED) is 0.760. The highest BCUT2D eigenvalue weighted by Gasteiger charge is 2.25. The van der Waals surface area contributed by atoms with Gasteiger partial charge in [-0.2, -0.15) is 0 Å². The second-order valence-electron chi connectivity index (χ2n) is 3.60. The molecule has 1 aromatic heterocycles. The number of alkyl halides is 1. The Kier molecular flexibility index (Phi) is 3.35. The van der Waals surface area contributed by atoms with E-state index in [1.54, 1.807) is 17.1 Å². The van der Waals surface area contributed by atoms with Gasteiger partial charge in [0, 0.05) is 19.3 Å². The van der Waals surface area contributed by atoms with E-state index >= 15 is 0 Å². The van der Waals surface area contributed by atoms with E-state index in [1.165, 1.54) is 0 Å². The molecule has 0 aromatic carbocycles. The molecule has 1 unspecified atom stereocenters. The van der Waals surface area contributed by atoms with E-state index in [1.807, 2.05) is 4.90 Å². The van der Waals surface area contributed by atoms with Crippen molar-refractivity contribution >= 4 is 21.8 Å². The highest BCUT2D eigenvalue weighted by atomic mass is 79.9. The van der Waals surface area contributed by atoms with E-state index in [9.17, 15) is 4.79 Å². The smallest absolute Gasteiger partial charge is 0.236 e. The number of likely N-dealkylation sites (tertiary alicyclic amines) is 1. The number of carbonyl (C=O) groups is 1. The third kappa shape index (κ3) is 2.56. The minimum atomic E-state index is 0.00185. The lowest BCUT2D eigenvalue weighted by atomic mass is 10.1. The van der Waals surface area contributed by atoms with Gasteiger partial charge in [-0.05, 0) is 12.8 Å². The van der Waals surface area contributed by atoms with Crippen LogP contribution in [0.5, 0.6) is 0 Å². The van der Waals surface area contributed by atoms with Crippen molar-refractivity contribution in [2.75, 3.05) is 13.1 Å². The fraction of sp³-hybridized carbons (Fsp3) is 0.667. The van der Waals surface area contributed by atoms with Crippen LogP contribution in [0.4, 0.5) is 0 Å². The van der Waals surface area contributed by atoms with Crippen LogP contribution in [0, 0.1) is 0 Å². The van der Waals surface area contributed by atoms with Crippen molar-refractivity contribution in [3.63, 3.8) is 0 Å². The first kappa shape index (κ1) is 10.6. The highest BCUT2D eigenvalue weighted by molar-refractivity contribution is 9.10. The summed E-state index contributed by atoms with van der Waals surface area (Å²) in [6.45, 7) is 2.28. The molecule has 0 aliphatic carbocycles. The molecule has 1 aliphatic heterocycles. The Hall–Kier alpha value is -0.910. The van der Waals surface area contributed by atoms with Crippen LogP contribution in [-0.2, 0) is 11.3 Å². The second kappa shape index (κ2) is 4.74. The van der Waals surface area contributed by atoms with Crippen molar-refractivity contribution in [2.45, 2.75) is 24.2 Å². The summed E-state index contributed by atoms with van der Waals surface area (Å²) >= 11 is 3.39. The van der Waals surface area contributed by atoms with Gasteiger partial charge in [-0.25, -0.2) is 0 Å². The Labute approximate surface area is 96.6 Å². The third-order valence-electron chi connectivity index (χ3n) is 2.54. The van der Waals surface area contributed by atoms with Crippen LogP contribution in [0.25, 0.3) is 0 Å². The number of hydrogen-bond donors (Lipinski definition) is 0. The second-order valence-corrected chi connectivity index (χ2v) is 4.71. The number of nitrogens with zero attached hydrogens (tertiary/aromatic N) is 4. The molecule has 5 nitrogen and oxygen atoms in total. The summed E-state index contributed by atoms with van der Waals surface area (Å²) in [4.78, 5) is 13.6. The average molecular weight is 273 g/mol. The van der Waals surface area contributed by atoms with Crippen LogP contribution in [0.1, 0.15) is 12.8 Å². The average Bonchev–Trinajstić information content (AvgIpc) is 2.73. The molecule has 0 radical (unpaired) electrons. The number of piperidine rings is 1. The molecule has 1 amide bonds. The lowest BCUT2D eigenvalue weighted by Gasteiger charge is -2.29. The SMILES string of the molecule is O=C1C(Br)CCCN1CCn1ccnn1. The van der Waals surface area contributed by atoms with Gasteiger partial charge in [0.1, 0.15) is 0 Å². The summed E-state index contributed by atoms with van der Waals surface area (Å²) in [5.41, 5.74) is 0. The summed E-state index contributed by atoms with van der Waals surface area (Å²) in [7, 11) is 0. The molecular formula is C9H13BrN4O. The minimum absolute atomic E-state index is 0.00185. The zero-order valence-electron chi connectivity index (χ0n) is 8.34. The van der Waals surface area contributed by atoms with Crippen LogP contribution in [0.3, 0.4) is 0 Å². The van der Waals surface area contributed by atoms with Gasteiger partial charge in [-0.3, -0.25) is 9.48 Å². The summed E-state index contributed by atoms with van der Waals surface area (Å²) < 4.78 is 1.74. The number of carbonyl (C=O) groups excluding carboxylic acids is 1. The first-order valence-corrected chi connectivity index (χ1v) is 5.96. The van der Waals surface area contributed by atoms with Crippen LogP contribution < -0.4 is 0 Å². The molecule has 2 rings (SSSR count). The van der Waals surface area contributed by atoms with Crippen molar-refractivity contribution in [3.8, 4) is 0 Å². The van der Waals surface area contributed by atoms with E-state index in [0.717, 1.165) is 19.4 Å². The van der Waals surface area contributed by atoms with Gasteiger partial charge in [0.25, 0.3) is 0 Å². The number of aromatic nitrogens is 3. The van der Waals surface area contributed by atoms with Crippen molar-refractivity contribution in [2.24, 2.45) is 0 Å². The van der Waals surface area contributed by atoms with Crippen LogP contribution in [0.15, 0.2) is 12.4 Å². The van der Waals surface area contributed by atoms with Gasteiger partial charge in [-0.15, -0.1) is 5.10 Å². The maximum Gasteiger partial charge on any atom is 0.236 e. The molecule has 0 saturated carbocycles. The number of amides is 1. The lowest BCUT2D eigenvalue weighted by Crippen LogP contribution is -2.43. The van der Waals surface area contributed by atoms with Crippen LogP contribution in [-0.4, -0.2) is 43.7 Å². The molecule has 15 heavy (non-hydrogen) atoms. The van der Waals surface area contributed by atoms with E-state index in [4.69, 9.17) is 0 Å². The fourth-order valence-corrected chi connectivity index (χ4v) is 2.30. The largest absolute Gasteiger partial charge is 0.340 e. The van der Waals surface area contributed by atoms with E-state index in [-0.39, 0.29) is 10.7 Å². The molecule has 82 valence electrons. The third-order valence-corrected chi connectivity index (χ3v) is 3.39. The zero-order chi connectivity index (χ0) is 10.7. The summed E-state index contributed by atoms with van der Waals surface area (Å²) in [5, 5.41) is 7.58. The Morgan fingerprint density at radius 1 is 1.53 bits per heavy atom. The minimum Gasteiger partial charge on any atom is -0.340 e. The van der Waals surface area contributed by atoms with Crippen molar-refractivity contribution in [1.29, 1.82) is 0 Å². The molecule has 1 fully saturated rings. The van der Waals surface area contributed by atoms with Gasteiger partial charge in [0.15, 0.2) is 0 Å². The summed E-state index contributed by atoms with van der Waals surface area (Å²) in [5.74, 6) is 0.196. The standard InChI is InChI=1S/C9H13BrN4O/c10-8-2-1-4-13(9(8)15)6-7-14-5-3-11-12-14/h3,5,8H,1-2,4,6-7H2. The Morgan fingerprint density at radius 3 is 3.13 bits per heavy atom. The van der Waals surface area contributed by atoms with E-state index in [2.05, 4.69) is 26.2 Å². The van der Waals surface area contributed by atoms with Gasteiger partial charge in [-0.1, -0.05) is 21.1 Å². The first-order valence-electron chi connectivity index (χ1n) is 5.04. The molecular weight excluding hydrogens is 260 g/mol. The predicted octanol–water partition coefficient (Wildman–Crippen LogP) is 0.664. The molecule has 1 aromatic rings. The van der Waals surface area contributed by atoms with Gasteiger partial charge < -0.3 is 4.90 Å². The fourth-order valence-electron chi connectivity index (χ4n) is 1.69. The van der Waals surface area contributed by atoms with Gasteiger partial charge in [0.2, 0.25) is 5.91 Å². The van der Waals surface area contributed by atoms with Crippen molar-refractivity contribution in [3.05, 3.63) is 12.4 Å². The predicted molar refractivity (Wildman–Crippen MR) is 58.6 cm³/mol. The molecule has 0 spiro atoms. The molecule has 1 saturated heterocycles. The molecule has 0 bridgehead atoms. The maximum atomic E-state index is 11.7. The zero-order valence-corrected chi connectivity index (χ0v) is 9.93. The van der Waals surface area contributed by atoms with Crippen LogP contribution in [0.2, 0.25) is 0 Å². The topological polar surface area (TPSA) is 51.0 Å². The van der Waals surface area contributed by atoms with E-state index < -0.39 is 0 Å². The Bertz CT molecular complexity index is 327. The van der Waals surface area contributed by atoms with E-state index in [0.29, 0.717) is 13.1 Å². The van der Waals surface area contributed by atoms with Crippen molar-refractivity contribution in [1.82, 2.24) is 19.9 Å². The molecule has 1 atom stereocenters. The maximum absolute atomic E-state index is 11.7. The molecule has 2 heterocycles. The van der Waals surface area contributed by atoms with Gasteiger partial charge in [0.05, 0.1) is 17.6 Å². The number of halogens is 1. The molecule has 6 heteroatoms. The normalized spacial score (nSPS) is 22.1. The number of hydrogen-bond acceptors (Lipinski definition) is 3. The van der Waals surface area contributed by atoms with Gasteiger partial charge >= 0.3 is 0 Å². The summed E-state index contributed by atoms with van der Waals surface area (Å²) in [6.07, 6.45) is 5.46. The summed E-state index contributed by atoms with van der Waals surface area (Å²) in [6, 6.07) is 0. The highest BCUT2D eigenvalue weighted by Crippen LogP contribution is 2.17. The molecule has 1 aliphatic rings.